The van der Waals surface area contributed by atoms with E-state index < -0.39 is 26.5 Å². The van der Waals surface area contributed by atoms with Crippen molar-refractivity contribution >= 4 is 19.8 Å². The van der Waals surface area contributed by atoms with Gasteiger partial charge in [-0.2, -0.15) is 0 Å². The van der Waals surface area contributed by atoms with Crippen LogP contribution in [0.2, 0.25) is 0 Å². The summed E-state index contributed by atoms with van der Waals surface area (Å²) in [7, 11) is 1.46. The van der Waals surface area contributed by atoms with Crippen LogP contribution in [0.4, 0.5) is 0 Å². The fraction of sp³-hybridized carbons (Fsp3) is 0.902. The fourth-order valence-electron chi connectivity index (χ4n) is 6.02. The van der Waals surface area contributed by atoms with Crippen molar-refractivity contribution in [1.82, 2.24) is 0 Å². The smallest absolute Gasteiger partial charge is 0.462 e. The van der Waals surface area contributed by atoms with Gasteiger partial charge >= 0.3 is 19.8 Å². The molecule has 10 nitrogen and oxygen atoms in total. The molecule has 0 radical (unpaired) electrons. The molecule has 0 aromatic rings. The third kappa shape index (κ3) is 31.1. The summed E-state index contributed by atoms with van der Waals surface area (Å²) in [5.74, 6) is -0.817. The molecule has 1 aliphatic heterocycles. The number of carbonyl (C=O) groups is 2. The first-order valence-electron chi connectivity index (χ1n) is 21.0. The van der Waals surface area contributed by atoms with E-state index in [2.05, 4.69) is 26.0 Å². The van der Waals surface area contributed by atoms with E-state index in [1.54, 1.807) is 0 Å². The summed E-state index contributed by atoms with van der Waals surface area (Å²) >= 11 is 0. The molecule has 0 saturated carbocycles. The molecular weight excluding hydrogens is 681 g/mol. The van der Waals surface area contributed by atoms with Gasteiger partial charge < -0.3 is 23.6 Å². The quantitative estimate of drug-likeness (QED) is 0.0165. The Hall–Kier alpha value is -1.29. The zero-order valence-electron chi connectivity index (χ0n) is 34.0. The molecule has 1 rings (SSSR count). The molecule has 11 heteroatoms. The fourth-order valence-corrected chi connectivity index (χ4v) is 6.76. The molecular formula is C41H79NO9P+. The van der Waals surface area contributed by atoms with E-state index in [0.717, 1.165) is 64.2 Å². The number of hydrogen-bond donors (Lipinski definition) is 1. The summed E-state index contributed by atoms with van der Waals surface area (Å²) in [6.07, 6.45) is 31.3. The molecule has 0 spiro atoms. The second kappa shape index (κ2) is 31.0. The number of rotatable bonds is 37. The van der Waals surface area contributed by atoms with Gasteiger partial charge in [-0.3, -0.25) is 18.6 Å². The summed E-state index contributed by atoms with van der Waals surface area (Å²) < 4.78 is 40.1. The third-order valence-corrected chi connectivity index (χ3v) is 10.5. The van der Waals surface area contributed by atoms with Gasteiger partial charge in [0.25, 0.3) is 0 Å². The molecule has 1 fully saturated rings. The van der Waals surface area contributed by atoms with Crippen LogP contribution in [0.25, 0.3) is 0 Å². The number of phosphoric acid groups is 1. The lowest BCUT2D eigenvalue weighted by Gasteiger charge is -2.24. The number of allylic oxidation sites excluding steroid dienone is 1. The Morgan fingerprint density at radius 3 is 1.83 bits per heavy atom. The molecule has 0 bridgehead atoms. The minimum absolute atomic E-state index is 0.0283. The van der Waals surface area contributed by atoms with E-state index in [4.69, 9.17) is 23.3 Å². The standard InChI is InChI=1S/C41H78NO9P/c1-6-8-10-12-14-15-16-17-18-19-23-27-31-40(43)47-35-37(36-49-52(45,46)48-34-33-42(3,4)5)50-41(44)32-28-24-20-22-26-30-39-38(51-39)29-25-21-13-11-9-7-2/h21,25,37-39H,6-20,22-24,26-36H2,1-5H3/p+1/b25-21-/t37-,38?,39?/m1/s1. The van der Waals surface area contributed by atoms with Crippen molar-refractivity contribution in [1.29, 1.82) is 0 Å². The highest BCUT2D eigenvalue weighted by Crippen LogP contribution is 2.43. The van der Waals surface area contributed by atoms with Gasteiger partial charge in [-0.05, 0) is 38.5 Å². The van der Waals surface area contributed by atoms with E-state index in [0.29, 0.717) is 29.7 Å². The highest BCUT2D eigenvalue weighted by atomic mass is 31.2. The third-order valence-electron chi connectivity index (χ3n) is 9.47. The van der Waals surface area contributed by atoms with Crippen LogP contribution in [0.3, 0.4) is 0 Å². The van der Waals surface area contributed by atoms with Gasteiger partial charge in [0, 0.05) is 12.8 Å². The van der Waals surface area contributed by atoms with E-state index in [9.17, 15) is 19.0 Å². The lowest BCUT2D eigenvalue weighted by atomic mass is 10.0. The van der Waals surface area contributed by atoms with Crippen LogP contribution in [0.15, 0.2) is 12.2 Å². The lowest BCUT2D eigenvalue weighted by Crippen LogP contribution is -2.37. The second-order valence-corrected chi connectivity index (χ2v) is 17.2. The zero-order chi connectivity index (χ0) is 38.3. The van der Waals surface area contributed by atoms with E-state index in [1.807, 2.05) is 21.1 Å². The topological polar surface area (TPSA) is 121 Å². The largest absolute Gasteiger partial charge is 0.472 e. The summed E-state index contributed by atoms with van der Waals surface area (Å²) in [6, 6.07) is 0. The van der Waals surface area contributed by atoms with Crippen LogP contribution < -0.4 is 0 Å². The Morgan fingerprint density at radius 2 is 1.23 bits per heavy atom. The first-order chi connectivity index (χ1) is 25.0. The summed E-state index contributed by atoms with van der Waals surface area (Å²) in [5.41, 5.74) is 0. The van der Waals surface area contributed by atoms with E-state index in [-0.39, 0.29) is 32.0 Å². The van der Waals surface area contributed by atoms with Gasteiger partial charge in [0.2, 0.25) is 0 Å². The maximum Gasteiger partial charge on any atom is 0.472 e. The number of ether oxygens (including phenoxy) is 3. The maximum absolute atomic E-state index is 12.7. The van der Waals surface area contributed by atoms with Crippen LogP contribution in [0.1, 0.15) is 174 Å². The number of carbonyl (C=O) groups excluding carboxylic acids is 2. The second-order valence-electron chi connectivity index (χ2n) is 15.8. The molecule has 4 atom stereocenters. The molecule has 0 amide bonds. The van der Waals surface area contributed by atoms with Gasteiger partial charge in [-0.25, -0.2) is 4.57 Å². The average molecular weight is 761 g/mol. The highest BCUT2D eigenvalue weighted by molar-refractivity contribution is 7.47. The van der Waals surface area contributed by atoms with Gasteiger partial charge in [-0.15, -0.1) is 0 Å². The molecule has 1 saturated heterocycles. The number of phosphoric ester groups is 1. The number of quaternary nitrogens is 1. The molecule has 306 valence electrons. The van der Waals surface area contributed by atoms with Crippen molar-refractivity contribution in [3.63, 3.8) is 0 Å². The van der Waals surface area contributed by atoms with Crippen molar-refractivity contribution in [2.45, 2.75) is 193 Å². The highest BCUT2D eigenvalue weighted by Gasteiger charge is 2.36. The van der Waals surface area contributed by atoms with Crippen LogP contribution in [-0.2, 0) is 37.4 Å². The number of unbranched alkanes of at least 4 members (excludes halogenated alkanes) is 18. The van der Waals surface area contributed by atoms with Gasteiger partial charge in [-0.1, -0.05) is 135 Å². The molecule has 0 aromatic heterocycles. The van der Waals surface area contributed by atoms with Gasteiger partial charge in [0.1, 0.15) is 19.8 Å². The van der Waals surface area contributed by atoms with Crippen LogP contribution in [0, 0.1) is 0 Å². The van der Waals surface area contributed by atoms with Crippen LogP contribution in [0.5, 0.6) is 0 Å². The lowest BCUT2D eigenvalue weighted by molar-refractivity contribution is -0.870. The Balaban J connectivity index is 2.30. The SMILES string of the molecule is CCCCC/C=C\CC1OC1CCCCCCCC(=O)O[C@H](COC(=O)CCCCCCCCCCCCCC)COP(=O)(O)OCC[N+](C)(C)C. The number of esters is 2. The summed E-state index contributed by atoms with van der Waals surface area (Å²) in [4.78, 5) is 35.3. The molecule has 3 unspecified atom stereocenters. The summed E-state index contributed by atoms with van der Waals surface area (Å²) in [5, 5.41) is 0. The Bertz CT molecular complexity index is 970. The molecule has 1 N–H and O–H groups in total. The van der Waals surface area contributed by atoms with Crippen molar-refractivity contribution in [2.75, 3.05) is 47.5 Å². The average Bonchev–Trinajstić information content (AvgIpc) is 3.84. The molecule has 0 aromatic carbocycles. The molecule has 1 aliphatic rings. The monoisotopic (exact) mass is 761 g/mol. The minimum atomic E-state index is -4.37. The van der Waals surface area contributed by atoms with Crippen LogP contribution in [-0.4, -0.2) is 87.1 Å². The summed E-state index contributed by atoms with van der Waals surface area (Å²) in [6.45, 7) is 4.36. The minimum Gasteiger partial charge on any atom is -0.462 e. The maximum atomic E-state index is 12.7. The predicted octanol–water partition coefficient (Wildman–Crippen LogP) is 10.4. The number of likely N-dealkylation sites (N-methyl/N-ethyl adjacent to an activating group) is 1. The molecule has 52 heavy (non-hydrogen) atoms. The van der Waals surface area contributed by atoms with E-state index >= 15 is 0 Å². The number of hydrogen-bond acceptors (Lipinski definition) is 8. The van der Waals surface area contributed by atoms with Crippen molar-refractivity contribution in [2.24, 2.45) is 0 Å². The van der Waals surface area contributed by atoms with Crippen molar-refractivity contribution < 1.29 is 46.8 Å². The Kier molecular flexibility index (Phi) is 29.0. The first-order valence-corrected chi connectivity index (χ1v) is 22.5. The number of nitrogens with zero attached hydrogens (tertiary/aromatic N) is 1. The normalized spacial score (nSPS) is 17.7. The van der Waals surface area contributed by atoms with E-state index in [1.165, 1.54) is 77.0 Å². The van der Waals surface area contributed by atoms with Crippen molar-refractivity contribution in [3.8, 4) is 0 Å². The first kappa shape index (κ1) is 48.7. The number of epoxide rings is 1. The Labute approximate surface area is 318 Å². The Morgan fingerprint density at radius 1 is 0.692 bits per heavy atom. The zero-order valence-corrected chi connectivity index (χ0v) is 34.9. The van der Waals surface area contributed by atoms with Gasteiger partial charge in [0.05, 0.1) is 40.0 Å². The molecule has 1 heterocycles. The van der Waals surface area contributed by atoms with Crippen LogP contribution >= 0.6 is 7.82 Å². The molecule has 0 aliphatic carbocycles. The van der Waals surface area contributed by atoms with Gasteiger partial charge in [0.15, 0.2) is 6.10 Å². The van der Waals surface area contributed by atoms with Crippen molar-refractivity contribution in [3.05, 3.63) is 12.2 Å². The predicted molar refractivity (Wildman–Crippen MR) is 210 cm³/mol.